The number of imidazole rings is 1. The van der Waals surface area contributed by atoms with Crippen molar-refractivity contribution >= 4 is 33.4 Å². The van der Waals surface area contributed by atoms with E-state index in [0.717, 1.165) is 89.1 Å². The minimum absolute atomic E-state index is 0.621. The number of rotatable bonds is 8. The minimum atomic E-state index is 0.621. The molecule has 0 atom stereocenters. The number of hydrogen-bond donors (Lipinski definition) is 1. The molecule has 2 aromatic heterocycles. The molecule has 1 fully saturated rings. The number of morpholine rings is 1. The number of anilines is 2. The number of ether oxygens (including phenoxy) is 3. The second kappa shape index (κ2) is 10.6. The summed E-state index contributed by atoms with van der Waals surface area (Å²) in [5.74, 6) is 3.06. The Morgan fingerprint density at radius 2 is 1.79 bits per heavy atom. The lowest BCUT2D eigenvalue weighted by atomic mass is 10.2. The second-order valence-corrected chi connectivity index (χ2v) is 9.42. The molecule has 3 aromatic carbocycles. The number of nitrogens with one attached hydrogen (secondary N) is 1. The van der Waals surface area contributed by atoms with Crippen LogP contribution in [-0.2, 0) is 11.8 Å². The summed E-state index contributed by atoms with van der Waals surface area (Å²) in [6, 6.07) is 17.8. The topological polar surface area (TPSA) is 86.6 Å². The first-order chi connectivity index (χ1) is 18.6. The maximum Gasteiger partial charge on any atom is 0.141 e. The van der Waals surface area contributed by atoms with E-state index in [1.807, 2.05) is 73.1 Å². The van der Waals surface area contributed by atoms with Crippen LogP contribution in [0.25, 0.3) is 21.9 Å². The Morgan fingerprint density at radius 3 is 2.66 bits per heavy atom. The van der Waals surface area contributed by atoms with Crippen LogP contribution in [0.3, 0.4) is 0 Å². The summed E-state index contributed by atoms with van der Waals surface area (Å²) in [5, 5.41) is 4.34. The molecule has 1 saturated heterocycles. The number of aromatic nitrogens is 4. The molecule has 1 aliphatic heterocycles. The molecule has 9 heteroatoms. The average Bonchev–Trinajstić information content (AvgIpc) is 3.31. The van der Waals surface area contributed by atoms with Crippen molar-refractivity contribution in [3.63, 3.8) is 0 Å². The van der Waals surface area contributed by atoms with E-state index in [2.05, 4.69) is 25.2 Å². The molecule has 38 heavy (non-hydrogen) atoms. The second-order valence-electron chi connectivity index (χ2n) is 9.42. The molecule has 6 rings (SSSR count). The Hall–Kier alpha value is -4.21. The largest absolute Gasteiger partial charge is 0.492 e. The molecule has 5 aromatic rings. The minimum Gasteiger partial charge on any atom is -0.492 e. The molecule has 0 aliphatic carbocycles. The van der Waals surface area contributed by atoms with Crippen LogP contribution < -0.4 is 14.8 Å². The SMILES string of the molecule is Cc1cc(Nc2ncnc3ccc(OCCN4CCOCC4)cc23)ccc1Oc1ccc2c(c1)ncn2C. The van der Waals surface area contributed by atoms with Crippen LogP contribution in [0.2, 0.25) is 0 Å². The molecule has 0 amide bonds. The van der Waals surface area contributed by atoms with Gasteiger partial charge in [0.2, 0.25) is 0 Å². The number of hydrogen-bond acceptors (Lipinski definition) is 8. The Kier molecular flexibility index (Phi) is 6.76. The lowest BCUT2D eigenvalue weighted by molar-refractivity contribution is 0.0322. The van der Waals surface area contributed by atoms with Crippen molar-refractivity contribution in [3.05, 3.63) is 72.8 Å². The first kappa shape index (κ1) is 24.1. The van der Waals surface area contributed by atoms with Crippen molar-refractivity contribution in [3.8, 4) is 17.2 Å². The van der Waals surface area contributed by atoms with Crippen LogP contribution in [-0.4, -0.2) is 63.9 Å². The third-order valence-corrected chi connectivity index (χ3v) is 6.75. The van der Waals surface area contributed by atoms with Crippen LogP contribution >= 0.6 is 0 Å². The summed E-state index contributed by atoms with van der Waals surface area (Å²) in [6.45, 7) is 7.00. The fourth-order valence-electron chi connectivity index (χ4n) is 4.63. The molecule has 0 saturated carbocycles. The molecule has 194 valence electrons. The molecule has 0 bridgehead atoms. The van der Waals surface area contributed by atoms with Crippen LogP contribution in [0.4, 0.5) is 11.5 Å². The Balaban J connectivity index is 1.16. The van der Waals surface area contributed by atoms with E-state index < -0.39 is 0 Å². The average molecular weight is 511 g/mol. The summed E-state index contributed by atoms with van der Waals surface area (Å²) >= 11 is 0. The fourth-order valence-corrected chi connectivity index (χ4v) is 4.63. The quantitative estimate of drug-likeness (QED) is 0.310. The van der Waals surface area contributed by atoms with E-state index in [0.29, 0.717) is 6.61 Å². The van der Waals surface area contributed by atoms with Gasteiger partial charge < -0.3 is 24.1 Å². The molecule has 0 unspecified atom stereocenters. The zero-order valence-electron chi connectivity index (χ0n) is 21.6. The van der Waals surface area contributed by atoms with Gasteiger partial charge in [0, 0.05) is 43.8 Å². The Labute approximate surface area is 221 Å². The zero-order valence-corrected chi connectivity index (χ0v) is 21.6. The van der Waals surface area contributed by atoms with Crippen molar-refractivity contribution in [2.75, 3.05) is 44.8 Å². The maximum absolute atomic E-state index is 6.17. The summed E-state index contributed by atoms with van der Waals surface area (Å²) < 4.78 is 19.6. The number of benzene rings is 3. The molecule has 1 aliphatic rings. The van der Waals surface area contributed by atoms with E-state index in [-0.39, 0.29) is 0 Å². The molecule has 0 radical (unpaired) electrons. The van der Waals surface area contributed by atoms with Crippen molar-refractivity contribution < 1.29 is 14.2 Å². The van der Waals surface area contributed by atoms with Gasteiger partial charge in [-0.1, -0.05) is 0 Å². The summed E-state index contributed by atoms with van der Waals surface area (Å²) in [6.07, 6.45) is 3.37. The first-order valence-corrected chi connectivity index (χ1v) is 12.8. The summed E-state index contributed by atoms with van der Waals surface area (Å²) in [4.78, 5) is 15.7. The van der Waals surface area contributed by atoms with E-state index in [9.17, 15) is 0 Å². The normalized spacial score (nSPS) is 14.2. The van der Waals surface area contributed by atoms with Gasteiger partial charge >= 0.3 is 0 Å². The first-order valence-electron chi connectivity index (χ1n) is 12.8. The lowest BCUT2D eigenvalue weighted by Crippen LogP contribution is -2.38. The van der Waals surface area contributed by atoms with Gasteiger partial charge in [-0.15, -0.1) is 0 Å². The molecule has 1 N–H and O–H groups in total. The Bertz CT molecular complexity index is 1580. The van der Waals surface area contributed by atoms with E-state index in [1.165, 1.54) is 0 Å². The van der Waals surface area contributed by atoms with E-state index in [4.69, 9.17) is 14.2 Å². The molecule has 0 spiro atoms. The van der Waals surface area contributed by atoms with Crippen molar-refractivity contribution in [1.29, 1.82) is 0 Å². The van der Waals surface area contributed by atoms with Gasteiger partial charge in [0.25, 0.3) is 0 Å². The highest BCUT2D eigenvalue weighted by Gasteiger charge is 2.12. The maximum atomic E-state index is 6.17. The molecule has 3 heterocycles. The standard InChI is InChI=1S/C29H30N6O3/c1-20-15-21(3-8-28(20)38-23-5-7-27-26(17-23)32-19-34(27)2)33-29-24-16-22(4-6-25(24)30-18-31-29)37-14-11-35-9-12-36-13-10-35/h3-8,15-19H,9-14H2,1-2H3,(H,30,31,33). The van der Waals surface area contributed by atoms with Gasteiger partial charge in [0.05, 0.1) is 36.1 Å². The third kappa shape index (κ3) is 5.25. The Morgan fingerprint density at radius 1 is 0.921 bits per heavy atom. The van der Waals surface area contributed by atoms with Gasteiger partial charge in [0.15, 0.2) is 0 Å². The number of nitrogens with zero attached hydrogens (tertiary/aromatic N) is 5. The number of aryl methyl sites for hydroxylation is 2. The highest BCUT2D eigenvalue weighted by Crippen LogP contribution is 2.31. The van der Waals surface area contributed by atoms with Gasteiger partial charge in [-0.2, -0.15) is 0 Å². The highest BCUT2D eigenvalue weighted by molar-refractivity contribution is 5.91. The van der Waals surface area contributed by atoms with E-state index in [1.54, 1.807) is 12.7 Å². The summed E-state index contributed by atoms with van der Waals surface area (Å²) in [5.41, 5.74) is 4.73. The third-order valence-electron chi connectivity index (χ3n) is 6.75. The lowest BCUT2D eigenvalue weighted by Gasteiger charge is -2.26. The van der Waals surface area contributed by atoms with Crippen LogP contribution in [0.5, 0.6) is 17.2 Å². The van der Waals surface area contributed by atoms with Gasteiger partial charge in [-0.25, -0.2) is 15.0 Å². The van der Waals surface area contributed by atoms with Crippen LogP contribution in [0.1, 0.15) is 5.56 Å². The molecule has 9 nitrogen and oxygen atoms in total. The summed E-state index contributed by atoms with van der Waals surface area (Å²) in [7, 11) is 1.98. The van der Waals surface area contributed by atoms with Gasteiger partial charge in [0.1, 0.15) is 36.0 Å². The van der Waals surface area contributed by atoms with Crippen molar-refractivity contribution in [2.45, 2.75) is 6.92 Å². The molecular weight excluding hydrogens is 480 g/mol. The molecular formula is C29H30N6O3. The monoisotopic (exact) mass is 510 g/mol. The fraction of sp³-hybridized carbons (Fsp3) is 0.276. The number of fused-ring (bicyclic) bond motifs is 2. The zero-order chi connectivity index (χ0) is 25.9. The van der Waals surface area contributed by atoms with Gasteiger partial charge in [-0.05, 0) is 61.0 Å². The van der Waals surface area contributed by atoms with Crippen LogP contribution in [0.15, 0.2) is 67.3 Å². The van der Waals surface area contributed by atoms with Crippen molar-refractivity contribution in [1.82, 2.24) is 24.4 Å². The van der Waals surface area contributed by atoms with Gasteiger partial charge in [-0.3, -0.25) is 4.90 Å². The predicted octanol–water partition coefficient (Wildman–Crippen LogP) is 5.07. The predicted molar refractivity (Wildman–Crippen MR) is 148 cm³/mol. The smallest absolute Gasteiger partial charge is 0.141 e. The highest BCUT2D eigenvalue weighted by atomic mass is 16.5. The van der Waals surface area contributed by atoms with Crippen LogP contribution in [0, 0.1) is 6.92 Å². The van der Waals surface area contributed by atoms with Crippen molar-refractivity contribution in [2.24, 2.45) is 7.05 Å². The van der Waals surface area contributed by atoms with E-state index >= 15 is 0 Å².